The highest BCUT2D eigenvalue weighted by Crippen LogP contribution is 2.29. The number of ketones is 1. The zero-order chi connectivity index (χ0) is 10.7. The highest BCUT2D eigenvalue weighted by Gasteiger charge is 2.25. The molecule has 2 rings (SSSR count). The smallest absolute Gasteiger partial charge is 0.165 e. The summed E-state index contributed by atoms with van der Waals surface area (Å²) in [7, 11) is 0. The van der Waals surface area contributed by atoms with Gasteiger partial charge in [-0.2, -0.15) is 5.26 Å². The Hall–Kier alpha value is -1.62. The van der Waals surface area contributed by atoms with Crippen molar-refractivity contribution in [2.75, 3.05) is 0 Å². The van der Waals surface area contributed by atoms with Crippen LogP contribution < -0.4 is 0 Å². The van der Waals surface area contributed by atoms with Gasteiger partial charge in [0, 0.05) is 11.5 Å². The number of rotatable bonds is 3. The Balaban J connectivity index is 2.09. The highest BCUT2D eigenvalue weighted by atomic mass is 16.1. The highest BCUT2D eigenvalue weighted by molar-refractivity contribution is 5.98. The van der Waals surface area contributed by atoms with Gasteiger partial charge in [0.15, 0.2) is 5.78 Å². The van der Waals surface area contributed by atoms with Crippen molar-refractivity contribution >= 4 is 5.78 Å². The molecule has 1 aliphatic rings. The summed E-state index contributed by atoms with van der Waals surface area (Å²) in [5, 5.41) is 8.52. The van der Waals surface area contributed by atoms with Crippen LogP contribution >= 0.6 is 0 Å². The van der Waals surface area contributed by atoms with Gasteiger partial charge in [-0.3, -0.25) is 4.79 Å². The van der Waals surface area contributed by atoms with Gasteiger partial charge in [0.1, 0.15) is 0 Å². The van der Waals surface area contributed by atoms with E-state index in [4.69, 9.17) is 5.26 Å². The van der Waals surface area contributed by atoms with Gasteiger partial charge in [-0.25, -0.2) is 0 Å². The molecule has 0 radical (unpaired) electrons. The predicted octanol–water partition coefficient (Wildman–Crippen LogP) is 2.74. The molecule has 0 bridgehead atoms. The van der Waals surface area contributed by atoms with Crippen LogP contribution in [0.3, 0.4) is 0 Å². The molecule has 0 spiro atoms. The SMILES string of the molecule is N#CCc1ccc(C(=O)C2CCC2)cc1. The van der Waals surface area contributed by atoms with Crippen LogP contribution in [-0.2, 0) is 6.42 Å². The molecule has 0 amide bonds. The van der Waals surface area contributed by atoms with Crippen molar-refractivity contribution in [1.82, 2.24) is 0 Å². The average molecular weight is 199 g/mol. The van der Waals surface area contributed by atoms with Crippen LogP contribution in [-0.4, -0.2) is 5.78 Å². The largest absolute Gasteiger partial charge is 0.294 e. The fourth-order valence-corrected chi connectivity index (χ4v) is 1.78. The van der Waals surface area contributed by atoms with Crippen molar-refractivity contribution in [3.63, 3.8) is 0 Å². The van der Waals surface area contributed by atoms with Gasteiger partial charge in [-0.1, -0.05) is 30.7 Å². The third-order valence-electron chi connectivity index (χ3n) is 3.00. The quantitative estimate of drug-likeness (QED) is 0.702. The third kappa shape index (κ3) is 2.07. The van der Waals surface area contributed by atoms with Gasteiger partial charge in [-0.05, 0) is 18.4 Å². The fraction of sp³-hybridized carbons (Fsp3) is 0.385. The lowest BCUT2D eigenvalue weighted by molar-refractivity contribution is 0.0855. The molecule has 0 N–H and O–H groups in total. The van der Waals surface area contributed by atoms with Gasteiger partial charge in [-0.15, -0.1) is 0 Å². The molecule has 1 aromatic carbocycles. The number of benzene rings is 1. The number of Topliss-reactive ketones (excluding diaryl/α,β-unsaturated/α-hetero) is 1. The van der Waals surface area contributed by atoms with Crippen LogP contribution in [0.25, 0.3) is 0 Å². The van der Waals surface area contributed by atoms with Gasteiger partial charge < -0.3 is 0 Å². The van der Waals surface area contributed by atoms with Gasteiger partial charge >= 0.3 is 0 Å². The molecule has 1 aliphatic carbocycles. The Bertz CT molecular complexity index is 396. The van der Waals surface area contributed by atoms with Crippen LogP contribution in [0.2, 0.25) is 0 Å². The first-order chi connectivity index (χ1) is 7.31. The van der Waals surface area contributed by atoms with E-state index in [2.05, 4.69) is 6.07 Å². The fourth-order valence-electron chi connectivity index (χ4n) is 1.78. The lowest BCUT2D eigenvalue weighted by Gasteiger charge is -2.23. The zero-order valence-electron chi connectivity index (χ0n) is 8.57. The monoisotopic (exact) mass is 199 g/mol. The molecule has 15 heavy (non-hydrogen) atoms. The summed E-state index contributed by atoms with van der Waals surface area (Å²) >= 11 is 0. The minimum atomic E-state index is 0.256. The van der Waals surface area contributed by atoms with Crippen molar-refractivity contribution in [3.05, 3.63) is 35.4 Å². The van der Waals surface area contributed by atoms with Crippen molar-refractivity contribution in [1.29, 1.82) is 5.26 Å². The van der Waals surface area contributed by atoms with Gasteiger partial charge in [0.25, 0.3) is 0 Å². The first-order valence-corrected chi connectivity index (χ1v) is 5.31. The van der Waals surface area contributed by atoms with E-state index in [9.17, 15) is 4.79 Å². The van der Waals surface area contributed by atoms with Crippen molar-refractivity contribution in [2.45, 2.75) is 25.7 Å². The third-order valence-corrected chi connectivity index (χ3v) is 3.00. The maximum Gasteiger partial charge on any atom is 0.165 e. The Morgan fingerprint density at radius 1 is 1.33 bits per heavy atom. The number of hydrogen-bond acceptors (Lipinski definition) is 2. The second-order valence-electron chi connectivity index (χ2n) is 4.02. The van der Waals surface area contributed by atoms with E-state index in [-0.39, 0.29) is 11.7 Å². The molecule has 1 saturated carbocycles. The summed E-state index contributed by atoms with van der Waals surface area (Å²) in [4.78, 5) is 11.8. The molecule has 0 heterocycles. The number of nitriles is 1. The average Bonchev–Trinajstić information content (AvgIpc) is 2.16. The summed E-state index contributed by atoms with van der Waals surface area (Å²) < 4.78 is 0. The number of carbonyl (C=O) groups is 1. The lowest BCUT2D eigenvalue weighted by Crippen LogP contribution is -2.21. The minimum absolute atomic E-state index is 0.256. The molecule has 1 fully saturated rings. The molecule has 76 valence electrons. The molecular formula is C13H13NO. The van der Waals surface area contributed by atoms with E-state index in [0.29, 0.717) is 6.42 Å². The maximum atomic E-state index is 11.8. The van der Waals surface area contributed by atoms with Crippen molar-refractivity contribution in [2.24, 2.45) is 5.92 Å². The number of carbonyl (C=O) groups excluding carboxylic acids is 1. The maximum absolute atomic E-state index is 11.8. The molecule has 0 saturated heterocycles. The van der Waals surface area contributed by atoms with Crippen LogP contribution in [0.5, 0.6) is 0 Å². The predicted molar refractivity (Wildman–Crippen MR) is 57.4 cm³/mol. The lowest BCUT2D eigenvalue weighted by atomic mass is 9.80. The molecule has 1 aromatic rings. The van der Waals surface area contributed by atoms with Crippen molar-refractivity contribution < 1.29 is 4.79 Å². The molecule has 0 unspecified atom stereocenters. The van der Waals surface area contributed by atoms with Crippen LogP contribution in [0.15, 0.2) is 24.3 Å². The van der Waals surface area contributed by atoms with E-state index in [1.165, 1.54) is 6.42 Å². The number of hydrogen-bond donors (Lipinski definition) is 0. The first-order valence-electron chi connectivity index (χ1n) is 5.31. The van der Waals surface area contributed by atoms with Crippen LogP contribution in [0.4, 0.5) is 0 Å². The Morgan fingerprint density at radius 3 is 2.47 bits per heavy atom. The molecule has 0 aliphatic heterocycles. The Labute approximate surface area is 89.5 Å². The summed E-state index contributed by atoms with van der Waals surface area (Å²) in [6.45, 7) is 0. The summed E-state index contributed by atoms with van der Waals surface area (Å²) in [6.07, 6.45) is 3.68. The molecular weight excluding hydrogens is 186 g/mol. The summed E-state index contributed by atoms with van der Waals surface area (Å²) in [5.41, 5.74) is 1.77. The van der Waals surface area contributed by atoms with Crippen LogP contribution in [0, 0.1) is 17.2 Å². The normalized spacial score (nSPS) is 15.4. The zero-order valence-corrected chi connectivity index (χ0v) is 8.57. The van der Waals surface area contributed by atoms with E-state index in [1.54, 1.807) is 0 Å². The second-order valence-corrected chi connectivity index (χ2v) is 4.02. The molecule has 0 atom stereocenters. The standard InChI is InChI=1S/C13H13NO/c14-9-8-10-4-6-12(7-5-10)13(15)11-2-1-3-11/h4-7,11H,1-3,8H2. The number of nitrogens with zero attached hydrogens (tertiary/aromatic N) is 1. The Morgan fingerprint density at radius 2 is 2.00 bits per heavy atom. The van der Waals surface area contributed by atoms with E-state index in [1.807, 2.05) is 24.3 Å². The van der Waals surface area contributed by atoms with Crippen molar-refractivity contribution in [3.8, 4) is 6.07 Å². The topological polar surface area (TPSA) is 40.9 Å². The van der Waals surface area contributed by atoms with Gasteiger partial charge in [0.2, 0.25) is 0 Å². The molecule has 2 nitrogen and oxygen atoms in total. The molecule has 0 aromatic heterocycles. The minimum Gasteiger partial charge on any atom is -0.294 e. The van der Waals surface area contributed by atoms with E-state index >= 15 is 0 Å². The van der Waals surface area contributed by atoms with Gasteiger partial charge in [0.05, 0.1) is 12.5 Å². The Kier molecular flexibility index (Phi) is 2.82. The second kappa shape index (κ2) is 4.27. The van der Waals surface area contributed by atoms with E-state index in [0.717, 1.165) is 24.0 Å². The first kappa shape index (κ1) is 9.92. The van der Waals surface area contributed by atoms with E-state index < -0.39 is 0 Å². The molecule has 2 heteroatoms. The van der Waals surface area contributed by atoms with Crippen LogP contribution in [0.1, 0.15) is 35.2 Å². The summed E-state index contributed by atoms with van der Waals surface area (Å²) in [5.74, 6) is 0.525. The summed E-state index contributed by atoms with van der Waals surface area (Å²) in [6, 6.07) is 9.51.